The van der Waals surface area contributed by atoms with Crippen molar-refractivity contribution in [2.45, 2.75) is 6.92 Å². The molecule has 0 spiro atoms. The van der Waals surface area contributed by atoms with Gasteiger partial charge in [0.25, 0.3) is 0 Å². The van der Waals surface area contributed by atoms with Gasteiger partial charge in [-0.05, 0) is 13.0 Å². The molecule has 0 aromatic carbocycles. The average Bonchev–Trinajstić information content (AvgIpc) is 2.53. The molecule has 2 nitrogen and oxygen atoms in total. The SMILES string of the molecule is Cc1cc(-c2ncncc2Cl)cs1. The minimum absolute atomic E-state index is 0.598. The van der Waals surface area contributed by atoms with Gasteiger partial charge in [0.2, 0.25) is 0 Å². The molecule has 0 fully saturated rings. The Labute approximate surface area is 85.2 Å². The minimum Gasteiger partial charge on any atom is -0.243 e. The molecule has 13 heavy (non-hydrogen) atoms. The summed E-state index contributed by atoms with van der Waals surface area (Å²) >= 11 is 7.64. The van der Waals surface area contributed by atoms with E-state index in [4.69, 9.17) is 11.6 Å². The first kappa shape index (κ1) is 8.66. The molecule has 2 rings (SSSR count). The highest BCUT2D eigenvalue weighted by molar-refractivity contribution is 7.10. The van der Waals surface area contributed by atoms with Gasteiger partial charge in [0.05, 0.1) is 10.7 Å². The van der Waals surface area contributed by atoms with Gasteiger partial charge in [0.15, 0.2) is 0 Å². The van der Waals surface area contributed by atoms with E-state index in [9.17, 15) is 0 Å². The molecule has 0 aliphatic carbocycles. The second-order valence-electron chi connectivity index (χ2n) is 2.67. The Morgan fingerprint density at radius 1 is 1.46 bits per heavy atom. The molecule has 2 aromatic rings. The van der Waals surface area contributed by atoms with Gasteiger partial charge in [-0.2, -0.15) is 0 Å². The van der Waals surface area contributed by atoms with Crippen molar-refractivity contribution in [1.29, 1.82) is 0 Å². The van der Waals surface area contributed by atoms with E-state index in [-0.39, 0.29) is 0 Å². The van der Waals surface area contributed by atoms with Crippen molar-refractivity contribution in [3.05, 3.63) is 33.9 Å². The molecular weight excluding hydrogens is 204 g/mol. The molecule has 0 unspecified atom stereocenters. The van der Waals surface area contributed by atoms with Gasteiger partial charge in [0, 0.05) is 22.0 Å². The largest absolute Gasteiger partial charge is 0.243 e. The lowest BCUT2D eigenvalue weighted by atomic mass is 10.2. The fourth-order valence-electron chi connectivity index (χ4n) is 1.09. The summed E-state index contributed by atoms with van der Waals surface area (Å²) in [5.74, 6) is 0. The molecule has 0 bridgehead atoms. The monoisotopic (exact) mass is 210 g/mol. The standard InChI is InChI=1S/C9H7ClN2S/c1-6-2-7(4-13-6)9-8(10)3-11-5-12-9/h2-5H,1H3. The van der Waals surface area contributed by atoms with Crippen LogP contribution in [0.15, 0.2) is 24.0 Å². The van der Waals surface area contributed by atoms with Crippen molar-refractivity contribution in [1.82, 2.24) is 9.97 Å². The number of thiophene rings is 1. The molecule has 66 valence electrons. The lowest BCUT2D eigenvalue weighted by Crippen LogP contribution is -1.83. The average molecular weight is 211 g/mol. The highest BCUT2D eigenvalue weighted by Gasteiger charge is 2.05. The first-order valence-electron chi connectivity index (χ1n) is 3.78. The Morgan fingerprint density at radius 3 is 2.92 bits per heavy atom. The lowest BCUT2D eigenvalue weighted by molar-refractivity contribution is 1.17. The van der Waals surface area contributed by atoms with E-state index in [0.29, 0.717) is 5.02 Å². The van der Waals surface area contributed by atoms with Crippen molar-refractivity contribution < 1.29 is 0 Å². The number of nitrogens with zero attached hydrogens (tertiary/aromatic N) is 2. The maximum atomic E-state index is 5.95. The molecule has 0 saturated heterocycles. The van der Waals surface area contributed by atoms with E-state index < -0.39 is 0 Å². The smallest absolute Gasteiger partial charge is 0.116 e. The normalized spacial score (nSPS) is 10.3. The second kappa shape index (κ2) is 3.44. The van der Waals surface area contributed by atoms with Crippen LogP contribution in [0.3, 0.4) is 0 Å². The molecule has 0 radical (unpaired) electrons. The molecule has 2 aromatic heterocycles. The number of halogens is 1. The molecule has 0 aliphatic heterocycles. The topological polar surface area (TPSA) is 25.8 Å². The predicted octanol–water partition coefficient (Wildman–Crippen LogP) is 3.17. The predicted molar refractivity (Wildman–Crippen MR) is 55.1 cm³/mol. The third-order valence-electron chi connectivity index (χ3n) is 1.67. The van der Waals surface area contributed by atoms with Crippen molar-refractivity contribution in [3.63, 3.8) is 0 Å². The van der Waals surface area contributed by atoms with Crippen LogP contribution in [0.4, 0.5) is 0 Å². The van der Waals surface area contributed by atoms with Crippen molar-refractivity contribution in [3.8, 4) is 11.3 Å². The van der Waals surface area contributed by atoms with Gasteiger partial charge in [0.1, 0.15) is 6.33 Å². The van der Waals surface area contributed by atoms with Gasteiger partial charge in [-0.25, -0.2) is 9.97 Å². The molecule has 2 heterocycles. The van der Waals surface area contributed by atoms with Gasteiger partial charge in [-0.15, -0.1) is 11.3 Å². The maximum Gasteiger partial charge on any atom is 0.116 e. The summed E-state index contributed by atoms with van der Waals surface area (Å²) in [5.41, 5.74) is 1.87. The summed E-state index contributed by atoms with van der Waals surface area (Å²) in [6.07, 6.45) is 3.12. The Kier molecular flexibility index (Phi) is 2.29. The first-order valence-corrected chi connectivity index (χ1v) is 5.04. The number of aromatic nitrogens is 2. The molecule has 0 atom stereocenters. The zero-order valence-electron chi connectivity index (χ0n) is 6.99. The zero-order chi connectivity index (χ0) is 9.26. The van der Waals surface area contributed by atoms with E-state index in [1.54, 1.807) is 17.5 Å². The Balaban J connectivity index is 2.52. The van der Waals surface area contributed by atoms with Crippen LogP contribution < -0.4 is 0 Å². The molecule has 0 amide bonds. The van der Waals surface area contributed by atoms with Crippen LogP contribution >= 0.6 is 22.9 Å². The molecular formula is C9H7ClN2S. The summed E-state index contributed by atoms with van der Waals surface area (Å²) in [7, 11) is 0. The Morgan fingerprint density at radius 2 is 2.31 bits per heavy atom. The molecule has 0 saturated carbocycles. The first-order chi connectivity index (χ1) is 6.27. The van der Waals surface area contributed by atoms with Gasteiger partial charge in [-0.1, -0.05) is 11.6 Å². The Bertz CT molecular complexity index is 425. The van der Waals surface area contributed by atoms with Gasteiger partial charge >= 0.3 is 0 Å². The Hall–Kier alpha value is -0.930. The van der Waals surface area contributed by atoms with E-state index in [1.165, 1.54) is 11.2 Å². The minimum atomic E-state index is 0.598. The molecule has 4 heteroatoms. The van der Waals surface area contributed by atoms with Gasteiger partial charge in [-0.3, -0.25) is 0 Å². The van der Waals surface area contributed by atoms with Crippen LogP contribution in [0.25, 0.3) is 11.3 Å². The molecule has 0 aliphatic rings. The number of hydrogen-bond acceptors (Lipinski definition) is 3. The van der Waals surface area contributed by atoms with Gasteiger partial charge < -0.3 is 0 Å². The number of rotatable bonds is 1. The quantitative estimate of drug-likeness (QED) is 0.723. The summed E-state index contributed by atoms with van der Waals surface area (Å²) < 4.78 is 0. The van der Waals surface area contributed by atoms with Crippen LogP contribution in [-0.4, -0.2) is 9.97 Å². The van der Waals surface area contributed by atoms with Crippen LogP contribution in [0.1, 0.15) is 4.88 Å². The van der Waals surface area contributed by atoms with E-state index in [0.717, 1.165) is 11.3 Å². The maximum absolute atomic E-state index is 5.95. The summed E-state index contributed by atoms with van der Waals surface area (Å²) in [6.45, 7) is 2.06. The summed E-state index contributed by atoms with van der Waals surface area (Å²) in [5, 5.41) is 2.64. The van der Waals surface area contributed by atoms with E-state index in [1.807, 2.05) is 5.38 Å². The second-order valence-corrected chi connectivity index (χ2v) is 4.19. The number of aryl methyl sites for hydroxylation is 1. The zero-order valence-corrected chi connectivity index (χ0v) is 8.56. The summed E-state index contributed by atoms with van der Waals surface area (Å²) in [4.78, 5) is 9.22. The highest BCUT2D eigenvalue weighted by Crippen LogP contribution is 2.28. The fourth-order valence-corrected chi connectivity index (χ4v) is 1.99. The third-order valence-corrected chi connectivity index (χ3v) is 2.81. The fraction of sp³-hybridized carbons (Fsp3) is 0.111. The number of hydrogen-bond donors (Lipinski definition) is 0. The van der Waals surface area contributed by atoms with Crippen LogP contribution in [0.2, 0.25) is 5.02 Å². The van der Waals surface area contributed by atoms with Crippen molar-refractivity contribution in [2.75, 3.05) is 0 Å². The van der Waals surface area contributed by atoms with Crippen LogP contribution in [0.5, 0.6) is 0 Å². The lowest BCUT2D eigenvalue weighted by Gasteiger charge is -1.97. The van der Waals surface area contributed by atoms with E-state index >= 15 is 0 Å². The highest BCUT2D eigenvalue weighted by atomic mass is 35.5. The van der Waals surface area contributed by atoms with Crippen molar-refractivity contribution in [2.24, 2.45) is 0 Å². The van der Waals surface area contributed by atoms with Crippen LogP contribution in [0, 0.1) is 6.92 Å². The third kappa shape index (κ3) is 1.71. The van der Waals surface area contributed by atoms with Crippen molar-refractivity contribution >= 4 is 22.9 Å². The van der Waals surface area contributed by atoms with Crippen LogP contribution in [-0.2, 0) is 0 Å². The van der Waals surface area contributed by atoms with E-state index in [2.05, 4.69) is 23.0 Å². The summed E-state index contributed by atoms with van der Waals surface area (Å²) in [6, 6.07) is 2.07. The molecule has 0 N–H and O–H groups in total.